The van der Waals surface area contributed by atoms with Gasteiger partial charge in [0.25, 0.3) is 0 Å². The minimum atomic E-state index is -1.04. The third-order valence-corrected chi connectivity index (χ3v) is 1.33. The number of rotatable bonds is 2. The van der Waals surface area contributed by atoms with Gasteiger partial charge in [-0.3, -0.25) is 0 Å². The monoisotopic (exact) mass is 151 g/mol. The van der Waals surface area contributed by atoms with Crippen LogP contribution in [0.4, 0.5) is 0 Å². The number of aromatic carboxylic acids is 1. The van der Waals surface area contributed by atoms with E-state index in [1.807, 2.05) is 0 Å². The SMILES string of the molecule is O=C(O)c1ccc[c]c1CO. The highest BCUT2D eigenvalue weighted by molar-refractivity contribution is 5.89. The van der Waals surface area contributed by atoms with Crippen LogP contribution in [-0.4, -0.2) is 16.2 Å². The van der Waals surface area contributed by atoms with Gasteiger partial charge in [-0.05, 0) is 17.7 Å². The van der Waals surface area contributed by atoms with Crippen molar-refractivity contribution in [1.82, 2.24) is 0 Å². The lowest BCUT2D eigenvalue weighted by Crippen LogP contribution is -2.01. The molecule has 0 saturated heterocycles. The first-order valence-electron chi connectivity index (χ1n) is 3.09. The smallest absolute Gasteiger partial charge is 0.336 e. The molecule has 0 spiro atoms. The zero-order valence-corrected chi connectivity index (χ0v) is 5.74. The Labute approximate surface area is 63.9 Å². The Morgan fingerprint density at radius 2 is 2.36 bits per heavy atom. The van der Waals surface area contributed by atoms with E-state index in [1.54, 1.807) is 12.1 Å². The van der Waals surface area contributed by atoms with Crippen molar-refractivity contribution in [2.45, 2.75) is 6.61 Å². The lowest BCUT2D eigenvalue weighted by Gasteiger charge is -1.99. The van der Waals surface area contributed by atoms with Crippen LogP contribution < -0.4 is 0 Å². The molecule has 0 atom stereocenters. The predicted octanol–water partition coefficient (Wildman–Crippen LogP) is 0.677. The minimum Gasteiger partial charge on any atom is -0.478 e. The maximum Gasteiger partial charge on any atom is 0.336 e. The van der Waals surface area contributed by atoms with Crippen molar-refractivity contribution >= 4 is 5.97 Å². The predicted molar refractivity (Wildman–Crippen MR) is 38.2 cm³/mol. The highest BCUT2D eigenvalue weighted by Crippen LogP contribution is 2.06. The van der Waals surface area contributed by atoms with Gasteiger partial charge in [-0.15, -0.1) is 0 Å². The second kappa shape index (κ2) is 3.16. The summed E-state index contributed by atoms with van der Waals surface area (Å²) in [7, 11) is 0. The van der Waals surface area contributed by atoms with Crippen LogP contribution >= 0.6 is 0 Å². The van der Waals surface area contributed by atoms with Crippen molar-refractivity contribution in [3.05, 3.63) is 35.4 Å². The minimum absolute atomic E-state index is 0.106. The molecular formula is C8H7O3. The van der Waals surface area contributed by atoms with Gasteiger partial charge in [0.05, 0.1) is 12.2 Å². The van der Waals surface area contributed by atoms with Gasteiger partial charge in [0.15, 0.2) is 0 Å². The fourth-order valence-electron chi connectivity index (χ4n) is 0.803. The fraction of sp³-hybridized carbons (Fsp3) is 0.125. The van der Waals surface area contributed by atoms with E-state index < -0.39 is 5.97 Å². The maximum absolute atomic E-state index is 10.4. The summed E-state index contributed by atoms with van der Waals surface area (Å²) < 4.78 is 0. The van der Waals surface area contributed by atoms with Crippen LogP contribution in [0.1, 0.15) is 15.9 Å². The van der Waals surface area contributed by atoms with Crippen LogP contribution in [0.2, 0.25) is 0 Å². The molecule has 57 valence electrons. The third kappa shape index (κ3) is 1.56. The Balaban J connectivity index is 3.12. The molecule has 11 heavy (non-hydrogen) atoms. The second-order valence-corrected chi connectivity index (χ2v) is 2.03. The first-order valence-corrected chi connectivity index (χ1v) is 3.09. The number of carboxylic acid groups (broad SMARTS) is 1. The van der Waals surface area contributed by atoms with Gasteiger partial charge in [0.1, 0.15) is 0 Å². The van der Waals surface area contributed by atoms with Crippen LogP contribution in [0.25, 0.3) is 0 Å². The topological polar surface area (TPSA) is 57.5 Å². The number of carbonyl (C=O) groups is 1. The van der Waals surface area contributed by atoms with Crippen molar-refractivity contribution in [1.29, 1.82) is 0 Å². The van der Waals surface area contributed by atoms with Crippen LogP contribution in [0.15, 0.2) is 18.2 Å². The molecule has 1 radical (unpaired) electrons. The summed E-state index contributed by atoms with van der Waals surface area (Å²) in [6.45, 7) is -0.289. The molecule has 0 fully saturated rings. The van der Waals surface area contributed by atoms with Crippen molar-refractivity contribution in [3.8, 4) is 0 Å². The molecule has 0 aliphatic heterocycles. The summed E-state index contributed by atoms with van der Waals surface area (Å²) in [6, 6.07) is 7.21. The van der Waals surface area contributed by atoms with Crippen LogP contribution in [0, 0.1) is 6.07 Å². The zero-order valence-electron chi connectivity index (χ0n) is 5.74. The number of aliphatic hydroxyl groups is 1. The lowest BCUT2D eigenvalue weighted by molar-refractivity contribution is 0.0693. The highest BCUT2D eigenvalue weighted by Gasteiger charge is 2.06. The van der Waals surface area contributed by atoms with Crippen LogP contribution in [0.3, 0.4) is 0 Å². The normalized spacial score (nSPS) is 9.55. The number of carboxylic acids is 1. The number of hydrogen-bond acceptors (Lipinski definition) is 2. The van der Waals surface area contributed by atoms with Gasteiger partial charge in [-0.2, -0.15) is 0 Å². The van der Waals surface area contributed by atoms with Gasteiger partial charge in [0, 0.05) is 0 Å². The first kappa shape index (κ1) is 7.75. The Kier molecular flexibility index (Phi) is 2.23. The zero-order chi connectivity index (χ0) is 8.27. The van der Waals surface area contributed by atoms with Crippen molar-refractivity contribution in [3.63, 3.8) is 0 Å². The highest BCUT2D eigenvalue weighted by atomic mass is 16.4. The molecule has 1 rings (SSSR count). The van der Waals surface area contributed by atoms with E-state index >= 15 is 0 Å². The van der Waals surface area contributed by atoms with Gasteiger partial charge < -0.3 is 10.2 Å². The molecule has 0 heterocycles. The van der Waals surface area contributed by atoms with E-state index in [4.69, 9.17) is 10.2 Å². The maximum atomic E-state index is 10.4. The van der Waals surface area contributed by atoms with E-state index in [-0.39, 0.29) is 12.2 Å². The molecule has 0 bridgehead atoms. The van der Waals surface area contributed by atoms with Gasteiger partial charge >= 0.3 is 5.97 Å². The van der Waals surface area contributed by atoms with Gasteiger partial charge in [-0.25, -0.2) is 4.79 Å². The fourth-order valence-corrected chi connectivity index (χ4v) is 0.803. The van der Waals surface area contributed by atoms with Gasteiger partial charge in [0.2, 0.25) is 0 Å². The molecule has 1 aromatic rings. The summed E-state index contributed by atoms with van der Waals surface area (Å²) in [5.41, 5.74) is 0.426. The van der Waals surface area contributed by atoms with Crippen molar-refractivity contribution in [2.75, 3.05) is 0 Å². The Morgan fingerprint density at radius 1 is 1.64 bits per heavy atom. The van der Waals surface area contributed by atoms with Gasteiger partial charge in [-0.1, -0.05) is 12.1 Å². The van der Waals surface area contributed by atoms with E-state index in [0.29, 0.717) is 5.56 Å². The van der Waals surface area contributed by atoms with Crippen molar-refractivity contribution in [2.24, 2.45) is 0 Å². The molecule has 0 aliphatic rings. The standard InChI is InChI=1S/C8H7O3/c9-5-6-3-1-2-4-7(6)8(10)11/h1-2,4,9H,5H2,(H,10,11). The third-order valence-electron chi connectivity index (χ3n) is 1.33. The number of benzene rings is 1. The molecular weight excluding hydrogens is 144 g/mol. The second-order valence-electron chi connectivity index (χ2n) is 2.03. The Bertz CT molecular complexity index is 268. The molecule has 0 saturated carbocycles. The quantitative estimate of drug-likeness (QED) is 0.653. The molecule has 0 aliphatic carbocycles. The molecule has 1 aromatic carbocycles. The first-order chi connectivity index (χ1) is 5.25. The van der Waals surface area contributed by atoms with Crippen LogP contribution in [-0.2, 0) is 6.61 Å². The Hall–Kier alpha value is -1.35. The van der Waals surface area contributed by atoms with E-state index in [2.05, 4.69) is 6.07 Å². The van der Waals surface area contributed by atoms with Crippen LogP contribution in [0.5, 0.6) is 0 Å². The lowest BCUT2D eigenvalue weighted by atomic mass is 10.1. The number of hydrogen-bond donors (Lipinski definition) is 2. The van der Waals surface area contributed by atoms with E-state index in [0.717, 1.165) is 0 Å². The van der Waals surface area contributed by atoms with E-state index in [1.165, 1.54) is 6.07 Å². The molecule has 0 unspecified atom stereocenters. The van der Waals surface area contributed by atoms with Crippen molar-refractivity contribution < 1.29 is 15.0 Å². The molecule has 2 N–H and O–H groups in total. The summed E-state index contributed by atoms with van der Waals surface area (Å²) >= 11 is 0. The molecule has 0 aromatic heterocycles. The summed E-state index contributed by atoms with van der Waals surface area (Å²) in [4.78, 5) is 10.4. The molecule has 3 nitrogen and oxygen atoms in total. The number of aliphatic hydroxyl groups excluding tert-OH is 1. The summed E-state index contributed by atoms with van der Waals surface area (Å²) in [5.74, 6) is -1.04. The average Bonchev–Trinajstić information content (AvgIpc) is 2.04. The summed E-state index contributed by atoms with van der Waals surface area (Å²) in [6.07, 6.45) is 0. The molecule has 3 heteroatoms. The average molecular weight is 151 g/mol. The largest absolute Gasteiger partial charge is 0.478 e. The summed E-state index contributed by atoms with van der Waals surface area (Å²) in [5, 5.41) is 17.2. The van der Waals surface area contributed by atoms with E-state index in [9.17, 15) is 4.79 Å². The molecule has 0 amide bonds. The Morgan fingerprint density at radius 3 is 2.82 bits per heavy atom.